The van der Waals surface area contributed by atoms with E-state index < -0.39 is 0 Å². The van der Waals surface area contributed by atoms with Crippen LogP contribution in [0.3, 0.4) is 0 Å². The van der Waals surface area contributed by atoms with Crippen LogP contribution in [-0.2, 0) is 96.8 Å². The predicted octanol–water partition coefficient (Wildman–Crippen LogP) is 22.8. The molecule has 4 fully saturated rings. The molecule has 2 unspecified atom stereocenters. The minimum atomic E-state index is 0. The molecule has 0 radical (unpaired) electrons. The third-order valence-corrected chi connectivity index (χ3v) is 29.2. The van der Waals surface area contributed by atoms with E-state index in [4.69, 9.17) is 0 Å². The van der Waals surface area contributed by atoms with Crippen LogP contribution in [0, 0.1) is 0 Å². The van der Waals surface area contributed by atoms with Gasteiger partial charge in [-0.3, -0.25) is 53.9 Å². The van der Waals surface area contributed by atoms with Crippen molar-refractivity contribution in [1.29, 1.82) is 0 Å². The molecule has 0 saturated carbocycles. The van der Waals surface area contributed by atoms with E-state index in [0.29, 0.717) is 33.2 Å². The lowest BCUT2D eigenvalue weighted by Gasteiger charge is -2.48. The first-order valence-corrected chi connectivity index (χ1v) is 51.1. The van der Waals surface area contributed by atoms with Crippen LogP contribution in [0.2, 0.25) is 0 Å². The highest BCUT2D eigenvalue weighted by molar-refractivity contribution is 5.75. The standard InChI is InChI=1S/2C13H19N.C12H24N2.C12H17N.C11H22N2.C11H18N2.C11H14N2.2C10H17N3.C9H16N4.3CH4/c2*1-13(2,3)14-9-8-11-6-4-5-7-12(11)10-14;1-12(2,3)14-9-8-13-7-5-4-6-11(13)10-14;1-12(2,3)13-8-10-6-4-5-7-11(10)9-13;2*1-11(2,3)13-8-7-12-6-4-5-10(12)9-13;1-11(2,3)10-12-8-6-4-5-7-9(8)13-10;2*1-10(2,3)13-7-6-12-5-4-11-9(12)8-13;1-9(2,3)12-4-5-13-8(6-12)10-7-11-13;;;/h2*4-7H,8-10H2,1-3H3;11H,4-10H2,1-3H3;4-7H,8-9H2,1-3H3;10H,4-9H2,1-3H3;4-6H,7-9H2,1-3H3;4-7H,1-3H3,(H,12,13);2*4-5H,6-8H2,1-3H3;7H,4-6H2,1-3H3;3*1H4. The molecule has 11 aliphatic heterocycles. The van der Waals surface area contributed by atoms with Crippen molar-refractivity contribution in [2.45, 2.75) is 421 Å². The summed E-state index contributed by atoms with van der Waals surface area (Å²) in [5, 5.41) is 4.15. The topological polar surface area (TPSA) is 136 Å². The minimum absolute atomic E-state index is 0. The van der Waals surface area contributed by atoms with Gasteiger partial charge < -0.3 is 18.7 Å². The molecule has 21 nitrogen and oxygen atoms in total. The van der Waals surface area contributed by atoms with E-state index in [1.807, 2.05) is 35.3 Å². The van der Waals surface area contributed by atoms with Crippen LogP contribution in [-0.4, -0.2) is 256 Å². The second kappa shape index (κ2) is 48.5. The summed E-state index contributed by atoms with van der Waals surface area (Å²) in [6.45, 7) is 98.1. The van der Waals surface area contributed by atoms with Crippen LogP contribution < -0.4 is 0 Å². The third kappa shape index (κ3) is 33.2. The van der Waals surface area contributed by atoms with E-state index in [1.54, 1.807) is 6.33 Å². The fourth-order valence-electron chi connectivity index (χ4n) is 19.6. The van der Waals surface area contributed by atoms with E-state index in [0.717, 1.165) is 133 Å². The molecule has 0 aliphatic carbocycles. The Morgan fingerprint density at radius 2 is 0.640 bits per heavy atom. The summed E-state index contributed by atoms with van der Waals surface area (Å²) in [6, 6.07) is 40.5. The molecule has 21 heteroatoms. The number of aromatic nitrogens is 10. The largest absolute Gasteiger partial charge is 0.349 e. The summed E-state index contributed by atoms with van der Waals surface area (Å²) in [7, 11) is 0. The normalized spacial score (nSPS) is 20.0. The maximum Gasteiger partial charge on any atom is 0.141 e. The average Bonchev–Trinajstić information content (AvgIpc) is 1.71. The van der Waals surface area contributed by atoms with Crippen LogP contribution in [0.5, 0.6) is 0 Å². The second-order valence-electron chi connectivity index (χ2n) is 49.2. The molecule has 4 aromatic carbocycles. The number of H-pyrrole nitrogens is 1. The number of hydrogen-bond donors (Lipinski definition) is 1. The summed E-state index contributed by atoms with van der Waals surface area (Å²) in [5.41, 5.74) is 15.5. The number of aromatic amines is 1. The van der Waals surface area contributed by atoms with Gasteiger partial charge in [0.1, 0.15) is 29.6 Å². The molecule has 1 N–H and O–H groups in total. The van der Waals surface area contributed by atoms with Crippen molar-refractivity contribution < 1.29 is 0 Å². The van der Waals surface area contributed by atoms with Crippen molar-refractivity contribution in [3.8, 4) is 0 Å². The molecule has 20 rings (SSSR count). The smallest absolute Gasteiger partial charge is 0.141 e. The zero-order chi connectivity index (χ0) is 96.9. The van der Waals surface area contributed by atoms with Crippen LogP contribution in [0.25, 0.3) is 11.0 Å². The van der Waals surface area contributed by atoms with E-state index >= 15 is 0 Å². The first-order chi connectivity index (χ1) is 62.2. The summed E-state index contributed by atoms with van der Waals surface area (Å²) in [5.74, 6) is 4.53. The lowest BCUT2D eigenvalue weighted by atomic mass is 9.95. The van der Waals surface area contributed by atoms with Gasteiger partial charge in [0, 0.05) is 235 Å². The van der Waals surface area contributed by atoms with Gasteiger partial charge in [0.15, 0.2) is 0 Å². The predicted molar refractivity (Wildman–Crippen MR) is 577 cm³/mol. The van der Waals surface area contributed by atoms with Gasteiger partial charge in [-0.1, -0.05) is 134 Å². The molecule has 11 aliphatic rings. The zero-order valence-corrected chi connectivity index (χ0v) is 89.3. The minimum Gasteiger partial charge on any atom is -0.349 e. The number of piperazine rings is 2. The van der Waals surface area contributed by atoms with Crippen LogP contribution >= 0.6 is 0 Å². The lowest BCUT2D eigenvalue weighted by molar-refractivity contribution is 0.00573. The Bertz CT molecular complexity index is 4580. The van der Waals surface area contributed by atoms with Gasteiger partial charge in [0.05, 0.1) is 37.2 Å². The fraction of sp³-hybridized carbons (Fsp3) is 0.678. The summed E-state index contributed by atoms with van der Waals surface area (Å²) in [6.07, 6.45) is 21.3. The number of piperidine rings is 1. The van der Waals surface area contributed by atoms with E-state index in [-0.39, 0.29) is 44.3 Å². The van der Waals surface area contributed by atoms with Crippen LogP contribution in [0.4, 0.5) is 0 Å². The highest BCUT2D eigenvalue weighted by Gasteiger charge is 2.38. The highest BCUT2D eigenvalue weighted by Crippen LogP contribution is 2.34. The summed E-state index contributed by atoms with van der Waals surface area (Å²) in [4.78, 5) is 48.9. The molecule has 5 aromatic heterocycles. The molecule has 2 atom stereocenters. The van der Waals surface area contributed by atoms with Gasteiger partial charge in [-0.15, -0.1) is 0 Å². The van der Waals surface area contributed by atoms with E-state index in [1.165, 1.54) is 168 Å². The first-order valence-electron chi connectivity index (χ1n) is 51.1. The lowest BCUT2D eigenvalue weighted by Crippen LogP contribution is -2.59. The summed E-state index contributed by atoms with van der Waals surface area (Å²) >= 11 is 0. The second-order valence-corrected chi connectivity index (χ2v) is 49.2. The number of fused-ring (bicyclic) bond motifs is 10. The van der Waals surface area contributed by atoms with Gasteiger partial charge in [0.25, 0.3) is 0 Å². The number of para-hydroxylation sites is 2. The monoisotopic (exact) mass is 1870 g/mol. The van der Waals surface area contributed by atoms with Gasteiger partial charge in [-0.25, -0.2) is 24.6 Å². The molecular weight excluding hydrogens is 1680 g/mol. The van der Waals surface area contributed by atoms with Crippen molar-refractivity contribution >= 4 is 11.0 Å². The maximum absolute atomic E-state index is 4.53. The first kappa shape index (κ1) is 114. The van der Waals surface area contributed by atoms with Crippen LogP contribution in [0.15, 0.2) is 147 Å². The zero-order valence-electron chi connectivity index (χ0n) is 89.3. The van der Waals surface area contributed by atoms with Crippen molar-refractivity contribution in [3.05, 3.63) is 209 Å². The number of nitrogens with one attached hydrogen (secondary N) is 1. The Balaban J connectivity index is 0.000000185. The van der Waals surface area contributed by atoms with Gasteiger partial charge in [-0.2, -0.15) is 5.10 Å². The van der Waals surface area contributed by atoms with Crippen molar-refractivity contribution in [2.75, 3.05) is 91.6 Å². The molecule has 0 bridgehead atoms. The SMILES string of the molecule is C.C.C.CC(C)(C)N1CCN2CCCC2C1.CC(C)(C)N1CCN2CCCCC2C1.CC(C)(C)N1CCc2ccccc2C1.CC(C)(C)N1CCc2ccccc2C1.CC(C)(C)N1CCn2cccc2C1.CC(C)(C)N1CCn2ccnc2C1.CC(C)(C)N1CCn2ccnc2C1.CC(C)(C)N1CCn2ncnc2C1.CC(C)(C)N1Cc2ccccc2C1.CC(C)(C)c1nc2ccccc2[nH]1. The van der Waals surface area contributed by atoms with E-state index in [2.05, 4.69) is 415 Å². The van der Waals surface area contributed by atoms with Crippen molar-refractivity contribution in [1.82, 2.24) is 102 Å². The Labute approximate surface area is 829 Å². The number of nitrogens with zero attached hydrogens (tertiary/aromatic N) is 20. The third-order valence-electron chi connectivity index (χ3n) is 29.2. The Morgan fingerprint density at radius 3 is 1.07 bits per heavy atom. The average molecular weight is 1870 g/mol. The van der Waals surface area contributed by atoms with Crippen molar-refractivity contribution in [2.24, 2.45) is 0 Å². The molecular formula is C115H195N21. The summed E-state index contributed by atoms with van der Waals surface area (Å²) < 4.78 is 8.81. The van der Waals surface area contributed by atoms with Crippen molar-refractivity contribution in [3.63, 3.8) is 0 Å². The number of hydrogen-bond acceptors (Lipinski definition) is 16. The van der Waals surface area contributed by atoms with Gasteiger partial charge >= 0.3 is 0 Å². The Hall–Kier alpha value is -7.25. The quantitative estimate of drug-likeness (QED) is 0.154. The van der Waals surface area contributed by atoms with E-state index in [9.17, 15) is 0 Å². The number of benzene rings is 4. The molecule has 16 heterocycles. The van der Waals surface area contributed by atoms with Gasteiger partial charge in [0.2, 0.25) is 0 Å². The molecule has 760 valence electrons. The fourth-order valence-corrected chi connectivity index (χ4v) is 19.6. The molecule has 0 amide bonds. The number of imidazole rings is 3. The molecule has 4 saturated heterocycles. The Morgan fingerprint density at radius 1 is 0.287 bits per heavy atom. The molecule has 0 spiro atoms. The van der Waals surface area contributed by atoms with Crippen LogP contribution in [0.1, 0.15) is 324 Å². The highest BCUT2D eigenvalue weighted by atomic mass is 15.4. The van der Waals surface area contributed by atoms with Gasteiger partial charge in [-0.05, 0) is 296 Å². The number of rotatable bonds is 0. The molecule has 9 aromatic rings. The molecule has 136 heavy (non-hydrogen) atoms. The Kier molecular flexibility index (Phi) is 40.6. The maximum atomic E-state index is 4.53.